The lowest BCUT2D eigenvalue weighted by atomic mass is 9.95. The van der Waals surface area contributed by atoms with Gasteiger partial charge >= 0.3 is 0 Å². The summed E-state index contributed by atoms with van der Waals surface area (Å²) in [7, 11) is 0. The van der Waals surface area contributed by atoms with Gasteiger partial charge in [0.05, 0.1) is 0 Å². The number of nitrogens with two attached hydrogens (primary N) is 2. The highest BCUT2D eigenvalue weighted by Gasteiger charge is 2.09. The van der Waals surface area contributed by atoms with Crippen LogP contribution in [-0.4, -0.2) is 0 Å². The summed E-state index contributed by atoms with van der Waals surface area (Å²) < 4.78 is 0. The first-order valence-electron chi connectivity index (χ1n) is 4.70. The van der Waals surface area contributed by atoms with Crippen LogP contribution in [0, 0.1) is 13.0 Å². The van der Waals surface area contributed by atoms with Crippen molar-refractivity contribution in [2.24, 2.45) is 0 Å². The normalized spacial score (nSPS) is 10.4. The van der Waals surface area contributed by atoms with Crippen LogP contribution in [0.25, 0.3) is 0 Å². The highest BCUT2D eigenvalue weighted by atomic mass is 14.6. The smallest absolute Gasteiger partial charge is 0.0451 e. The molecule has 4 N–H and O–H groups in total. The summed E-state index contributed by atoms with van der Waals surface area (Å²) in [5.41, 5.74) is 16.7. The van der Waals surface area contributed by atoms with E-state index in [-0.39, 0.29) is 0 Å². The maximum atomic E-state index is 5.82. The minimum Gasteiger partial charge on any atom is -0.398 e. The van der Waals surface area contributed by atoms with Crippen LogP contribution >= 0.6 is 0 Å². The van der Waals surface area contributed by atoms with Crippen molar-refractivity contribution >= 4 is 11.4 Å². The topological polar surface area (TPSA) is 52.0 Å². The lowest BCUT2D eigenvalue weighted by Gasteiger charge is -2.13. The van der Waals surface area contributed by atoms with Crippen molar-refractivity contribution in [1.82, 2.24) is 0 Å². The van der Waals surface area contributed by atoms with Crippen LogP contribution in [0.4, 0.5) is 11.4 Å². The van der Waals surface area contributed by atoms with E-state index in [2.05, 4.69) is 26.8 Å². The molecule has 0 aliphatic rings. The average Bonchev–Trinajstić information content (AvgIpc) is 2.04. The summed E-state index contributed by atoms with van der Waals surface area (Å²) in [5, 5.41) is 0. The molecule has 71 valence electrons. The maximum Gasteiger partial charge on any atom is 0.0451 e. The maximum absolute atomic E-state index is 5.82. The summed E-state index contributed by atoms with van der Waals surface area (Å²) in [6.45, 7) is 6.28. The van der Waals surface area contributed by atoms with Crippen molar-refractivity contribution in [1.29, 1.82) is 0 Å². The minimum absolute atomic E-state index is 0.703. The quantitative estimate of drug-likeness (QED) is 0.679. The molecule has 2 nitrogen and oxygen atoms in total. The Hall–Kier alpha value is -1.18. The minimum atomic E-state index is 0.703. The fourth-order valence-electron chi connectivity index (χ4n) is 1.79. The Balaban J connectivity index is 3.39. The van der Waals surface area contributed by atoms with Crippen molar-refractivity contribution in [3.8, 4) is 0 Å². The van der Waals surface area contributed by atoms with Gasteiger partial charge in [0.2, 0.25) is 0 Å². The Kier molecular flexibility index (Phi) is 2.81. The van der Waals surface area contributed by atoms with E-state index in [1.165, 1.54) is 16.7 Å². The van der Waals surface area contributed by atoms with Crippen LogP contribution in [0.1, 0.15) is 30.5 Å². The first-order chi connectivity index (χ1) is 6.11. The van der Waals surface area contributed by atoms with Gasteiger partial charge < -0.3 is 11.5 Å². The second-order valence-corrected chi connectivity index (χ2v) is 3.24. The van der Waals surface area contributed by atoms with Gasteiger partial charge in [-0.15, -0.1) is 0 Å². The molecule has 1 aromatic rings. The summed E-state index contributed by atoms with van der Waals surface area (Å²) in [6, 6.07) is 3.01. The van der Waals surface area contributed by atoms with E-state index in [1.807, 2.05) is 0 Å². The van der Waals surface area contributed by atoms with Crippen LogP contribution < -0.4 is 11.5 Å². The van der Waals surface area contributed by atoms with Gasteiger partial charge in [0.25, 0.3) is 0 Å². The SMILES string of the molecule is CCc1c(N)[c]c(N)c(CC)c1C. The predicted molar refractivity (Wildman–Crippen MR) is 57.6 cm³/mol. The van der Waals surface area contributed by atoms with Crippen molar-refractivity contribution in [3.05, 3.63) is 22.8 Å². The van der Waals surface area contributed by atoms with E-state index in [0.717, 1.165) is 12.8 Å². The number of anilines is 2. The first-order valence-corrected chi connectivity index (χ1v) is 4.70. The Morgan fingerprint density at radius 2 is 1.38 bits per heavy atom. The molecule has 0 fully saturated rings. The molecular formula is C11H17N2. The van der Waals surface area contributed by atoms with Gasteiger partial charge in [-0.2, -0.15) is 0 Å². The van der Waals surface area contributed by atoms with Crippen molar-refractivity contribution in [2.45, 2.75) is 33.6 Å². The van der Waals surface area contributed by atoms with Crippen molar-refractivity contribution in [3.63, 3.8) is 0 Å². The van der Waals surface area contributed by atoms with Gasteiger partial charge in [-0.3, -0.25) is 0 Å². The van der Waals surface area contributed by atoms with Crippen LogP contribution in [0.3, 0.4) is 0 Å². The average molecular weight is 177 g/mol. The number of benzene rings is 1. The highest BCUT2D eigenvalue weighted by molar-refractivity contribution is 5.64. The fourth-order valence-corrected chi connectivity index (χ4v) is 1.79. The lowest BCUT2D eigenvalue weighted by Crippen LogP contribution is -2.04. The van der Waals surface area contributed by atoms with E-state index >= 15 is 0 Å². The summed E-state index contributed by atoms with van der Waals surface area (Å²) in [6.07, 6.45) is 1.89. The number of rotatable bonds is 2. The third-order valence-electron chi connectivity index (χ3n) is 2.53. The Morgan fingerprint density at radius 3 is 1.69 bits per heavy atom. The molecule has 0 aromatic heterocycles. The highest BCUT2D eigenvalue weighted by Crippen LogP contribution is 2.26. The van der Waals surface area contributed by atoms with Crippen molar-refractivity contribution < 1.29 is 0 Å². The van der Waals surface area contributed by atoms with E-state index in [1.54, 1.807) is 0 Å². The molecule has 2 heteroatoms. The van der Waals surface area contributed by atoms with Gasteiger partial charge in [-0.05, 0) is 36.5 Å². The van der Waals surface area contributed by atoms with Crippen LogP contribution in [0.5, 0.6) is 0 Å². The van der Waals surface area contributed by atoms with Gasteiger partial charge in [0, 0.05) is 17.4 Å². The molecule has 0 unspecified atom stereocenters. The molecule has 0 bridgehead atoms. The van der Waals surface area contributed by atoms with Gasteiger partial charge in [-0.25, -0.2) is 0 Å². The molecule has 0 amide bonds. The van der Waals surface area contributed by atoms with E-state index < -0.39 is 0 Å². The predicted octanol–water partition coefficient (Wildman–Crippen LogP) is 2.08. The summed E-state index contributed by atoms with van der Waals surface area (Å²) >= 11 is 0. The number of nitrogen functional groups attached to an aromatic ring is 2. The second-order valence-electron chi connectivity index (χ2n) is 3.24. The molecule has 0 heterocycles. The van der Waals surface area contributed by atoms with E-state index in [9.17, 15) is 0 Å². The molecule has 0 atom stereocenters. The summed E-state index contributed by atoms with van der Waals surface area (Å²) in [5.74, 6) is 0. The fraction of sp³-hybridized carbons (Fsp3) is 0.455. The van der Waals surface area contributed by atoms with Gasteiger partial charge in [0.15, 0.2) is 0 Å². The molecule has 0 aliphatic carbocycles. The lowest BCUT2D eigenvalue weighted by molar-refractivity contribution is 1.05. The van der Waals surface area contributed by atoms with Gasteiger partial charge in [-0.1, -0.05) is 13.8 Å². The van der Waals surface area contributed by atoms with Gasteiger partial charge in [0.1, 0.15) is 0 Å². The molecule has 1 radical (unpaired) electrons. The zero-order valence-electron chi connectivity index (χ0n) is 8.57. The standard InChI is InChI=1S/C11H17N2/c1-4-8-7(3)9(5-2)11(13)6-10(8)12/h4-5,12-13H2,1-3H3. The van der Waals surface area contributed by atoms with Crippen LogP contribution in [0.2, 0.25) is 0 Å². The van der Waals surface area contributed by atoms with E-state index in [0.29, 0.717) is 11.4 Å². The van der Waals surface area contributed by atoms with Crippen molar-refractivity contribution in [2.75, 3.05) is 11.5 Å². The third-order valence-corrected chi connectivity index (χ3v) is 2.53. The monoisotopic (exact) mass is 177 g/mol. The largest absolute Gasteiger partial charge is 0.398 e. The Labute approximate surface area is 79.9 Å². The van der Waals surface area contributed by atoms with E-state index in [4.69, 9.17) is 11.5 Å². The number of hydrogen-bond acceptors (Lipinski definition) is 2. The molecule has 0 aliphatic heterocycles. The zero-order chi connectivity index (χ0) is 10.0. The molecular weight excluding hydrogens is 160 g/mol. The van der Waals surface area contributed by atoms with Crippen LogP contribution in [0.15, 0.2) is 0 Å². The second kappa shape index (κ2) is 3.69. The molecule has 1 aromatic carbocycles. The first kappa shape index (κ1) is 9.90. The molecule has 13 heavy (non-hydrogen) atoms. The summed E-state index contributed by atoms with van der Waals surface area (Å²) in [4.78, 5) is 0. The third kappa shape index (κ3) is 1.62. The molecule has 0 saturated carbocycles. The number of hydrogen-bond donors (Lipinski definition) is 2. The Morgan fingerprint density at radius 1 is 1.00 bits per heavy atom. The molecule has 0 saturated heterocycles. The zero-order valence-corrected chi connectivity index (χ0v) is 8.57. The molecule has 1 rings (SSSR count). The molecule has 0 spiro atoms. The Bertz CT molecular complexity index is 288. The van der Waals surface area contributed by atoms with Crippen LogP contribution in [-0.2, 0) is 12.8 Å².